The summed E-state index contributed by atoms with van der Waals surface area (Å²) in [6, 6.07) is 17.0. The number of hydrogen-bond acceptors (Lipinski definition) is 6. The number of unbranched alkanes of at least 4 members (excludes halogenated alkanes) is 8. The fraction of sp³-hybridized carbons (Fsp3) is 0.750. The van der Waals surface area contributed by atoms with Gasteiger partial charge < -0.3 is 18.9 Å². The first kappa shape index (κ1) is 51.9. The van der Waals surface area contributed by atoms with E-state index in [2.05, 4.69) is 76.2 Å². The SMILES string of the molecule is CCCCCC1CCC(CCCCc2ccc(CO[C@@H](C(=O)OCCCC)[C@@H](OCc3ccc(CCCCC4CCC(CCCCC)CC4)cc3)C(=O)OCCCC)cc2)CC1. The largest absolute Gasteiger partial charge is 0.464 e. The van der Waals surface area contributed by atoms with Gasteiger partial charge in [0.05, 0.1) is 26.4 Å². The third-order valence-corrected chi connectivity index (χ3v) is 14.1. The van der Waals surface area contributed by atoms with E-state index in [1.807, 2.05) is 0 Å². The fourth-order valence-electron chi connectivity index (χ4n) is 9.84. The smallest absolute Gasteiger partial charge is 0.338 e. The van der Waals surface area contributed by atoms with Crippen LogP contribution < -0.4 is 0 Å². The molecule has 2 aromatic carbocycles. The van der Waals surface area contributed by atoms with Crippen molar-refractivity contribution in [2.75, 3.05) is 13.2 Å². The van der Waals surface area contributed by atoms with Gasteiger partial charge in [0.1, 0.15) is 0 Å². The summed E-state index contributed by atoms with van der Waals surface area (Å²) < 4.78 is 23.9. The van der Waals surface area contributed by atoms with Gasteiger partial charge in [-0.25, -0.2) is 9.59 Å². The van der Waals surface area contributed by atoms with E-state index in [0.717, 1.165) is 73.3 Å². The van der Waals surface area contributed by atoms with Crippen LogP contribution in [0.25, 0.3) is 0 Å². The molecule has 0 aromatic heterocycles. The summed E-state index contributed by atoms with van der Waals surface area (Å²) >= 11 is 0. The van der Waals surface area contributed by atoms with E-state index in [0.29, 0.717) is 0 Å². The van der Waals surface area contributed by atoms with Crippen molar-refractivity contribution in [3.8, 4) is 0 Å². The van der Waals surface area contributed by atoms with Crippen molar-refractivity contribution >= 4 is 11.9 Å². The molecule has 0 bridgehead atoms. The maximum Gasteiger partial charge on any atom is 0.338 e. The monoisotopic (exact) mass is 859 g/mol. The number of hydrogen-bond donors (Lipinski definition) is 0. The summed E-state index contributed by atoms with van der Waals surface area (Å²) in [7, 11) is 0. The second-order valence-electron chi connectivity index (χ2n) is 19.4. The molecule has 0 radical (unpaired) electrons. The van der Waals surface area contributed by atoms with Gasteiger partial charge in [0.25, 0.3) is 0 Å². The second-order valence-corrected chi connectivity index (χ2v) is 19.4. The minimum Gasteiger partial charge on any atom is -0.464 e. The summed E-state index contributed by atoms with van der Waals surface area (Å²) in [5, 5.41) is 0. The van der Waals surface area contributed by atoms with Crippen LogP contribution in [0.1, 0.15) is 217 Å². The van der Waals surface area contributed by atoms with Crippen molar-refractivity contribution in [3.63, 3.8) is 0 Å². The van der Waals surface area contributed by atoms with Crippen molar-refractivity contribution in [1.82, 2.24) is 0 Å². The van der Waals surface area contributed by atoms with Crippen molar-refractivity contribution in [2.24, 2.45) is 23.7 Å². The molecule has 2 atom stereocenters. The Morgan fingerprint density at radius 1 is 0.419 bits per heavy atom. The third kappa shape index (κ3) is 20.9. The van der Waals surface area contributed by atoms with Crippen LogP contribution >= 0.6 is 0 Å². The molecule has 0 saturated heterocycles. The van der Waals surface area contributed by atoms with Gasteiger partial charge >= 0.3 is 11.9 Å². The first-order chi connectivity index (χ1) is 30.4. The zero-order valence-electron chi connectivity index (χ0n) is 40.2. The van der Waals surface area contributed by atoms with Crippen molar-refractivity contribution < 1.29 is 28.5 Å². The number of carbonyl (C=O) groups is 2. The van der Waals surface area contributed by atoms with Gasteiger partial charge in [-0.15, -0.1) is 0 Å². The molecule has 0 amide bonds. The molecule has 350 valence electrons. The molecule has 0 heterocycles. The van der Waals surface area contributed by atoms with Crippen LogP contribution in [-0.4, -0.2) is 37.4 Å². The quantitative estimate of drug-likeness (QED) is 0.0526. The lowest BCUT2D eigenvalue weighted by atomic mass is 9.78. The van der Waals surface area contributed by atoms with Gasteiger partial charge in [-0.1, -0.05) is 217 Å². The highest BCUT2D eigenvalue weighted by Crippen LogP contribution is 2.36. The van der Waals surface area contributed by atoms with Gasteiger partial charge in [0.15, 0.2) is 12.2 Å². The van der Waals surface area contributed by atoms with Crippen LogP contribution in [0.4, 0.5) is 0 Å². The minimum absolute atomic E-state index is 0.159. The average molecular weight is 859 g/mol. The fourth-order valence-corrected chi connectivity index (χ4v) is 9.84. The van der Waals surface area contributed by atoms with Crippen LogP contribution in [0.15, 0.2) is 48.5 Å². The van der Waals surface area contributed by atoms with Gasteiger partial charge in [0, 0.05) is 0 Å². The molecule has 62 heavy (non-hydrogen) atoms. The Morgan fingerprint density at radius 3 is 1.02 bits per heavy atom. The maximum atomic E-state index is 13.6. The van der Waals surface area contributed by atoms with E-state index in [9.17, 15) is 9.59 Å². The molecule has 0 spiro atoms. The molecule has 0 unspecified atom stereocenters. The van der Waals surface area contributed by atoms with Crippen LogP contribution in [0.3, 0.4) is 0 Å². The van der Waals surface area contributed by atoms with E-state index in [4.69, 9.17) is 18.9 Å². The molecule has 2 aliphatic rings. The Balaban J connectivity index is 1.25. The third-order valence-electron chi connectivity index (χ3n) is 14.1. The average Bonchev–Trinajstić information content (AvgIpc) is 3.29. The maximum absolute atomic E-state index is 13.6. The van der Waals surface area contributed by atoms with E-state index in [1.165, 1.54) is 152 Å². The van der Waals surface area contributed by atoms with E-state index in [-0.39, 0.29) is 26.4 Å². The lowest BCUT2D eigenvalue weighted by molar-refractivity contribution is -0.186. The Labute approximate surface area is 379 Å². The van der Waals surface area contributed by atoms with Gasteiger partial charge in [-0.05, 0) is 84.5 Å². The number of carbonyl (C=O) groups excluding carboxylic acids is 2. The number of benzene rings is 2. The lowest BCUT2D eigenvalue weighted by Crippen LogP contribution is -2.45. The second kappa shape index (κ2) is 32.0. The van der Waals surface area contributed by atoms with Crippen molar-refractivity contribution in [3.05, 3.63) is 70.8 Å². The van der Waals surface area contributed by atoms with Crippen LogP contribution in [-0.2, 0) is 54.6 Å². The topological polar surface area (TPSA) is 71.1 Å². The normalized spacial score (nSPS) is 20.1. The van der Waals surface area contributed by atoms with E-state index in [1.54, 1.807) is 0 Å². The summed E-state index contributed by atoms with van der Waals surface area (Å²) in [5.41, 5.74) is 4.52. The summed E-state index contributed by atoms with van der Waals surface area (Å²) in [5.74, 6) is 2.61. The van der Waals surface area contributed by atoms with Crippen molar-refractivity contribution in [1.29, 1.82) is 0 Å². The van der Waals surface area contributed by atoms with Crippen molar-refractivity contribution in [2.45, 2.75) is 233 Å². The molecule has 6 nitrogen and oxygen atoms in total. The Hall–Kier alpha value is -2.70. The Bertz CT molecular complexity index is 1310. The minimum atomic E-state index is -1.25. The molecule has 2 fully saturated rings. The van der Waals surface area contributed by atoms with Gasteiger partial charge in [0.2, 0.25) is 0 Å². The van der Waals surface area contributed by atoms with Crippen LogP contribution in [0.2, 0.25) is 0 Å². The zero-order chi connectivity index (χ0) is 44.0. The van der Waals surface area contributed by atoms with E-state index < -0.39 is 24.1 Å². The van der Waals surface area contributed by atoms with Gasteiger partial charge in [-0.2, -0.15) is 0 Å². The van der Waals surface area contributed by atoms with Gasteiger partial charge in [-0.3, -0.25) is 0 Å². The molecule has 2 aromatic rings. The lowest BCUT2D eigenvalue weighted by Gasteiger charge is -2.28. The number of esters is 2. The summed E-state index contributed by atoms with van der Waals surface area (Å²) in [6.07, 6.45) is 33.2. The highest BCUT2D eigenvalue weighted by Gasteiger charge is 2.38. The predicted molar refractivity (Wildman–Crippen MR) is 256 cm³/mol. The molecule has 0 N–H and O–H groups in total. The Kier molecular flexibility index (Phi) is 26.8. The molecular weight excluding hydrogens is 769 g/mol. The Morgan fingerprint density at radius 2 is 0.710 bits per heavy atom. The highest BCUT2D eigenvalue weighted by molar-refractivity contribution is 5.85. The molecule has 4 rings (SSSR count). The van der Waals surface area contributed by atoms with Crippen LogP contribution in [0, 0.1) is 23.7 Å². The number of rotatable bonds is 33. The molecule has 2 saturated carbocycles. The standard InChI is InChI=1S/C56H90O6/c1-5-9-13-19-45-25-29-47(30-26-45)21-15-17-23-49-33-37-51(38-34-49)43-61-53(55(57)59-41-11-7-3)54(56(58)60-42-12-8-4)62-44-52-39-35-50(36-40-52)24-18-16-22-48-31-27-46(28-32-48)20-14-10-6-2/h33-40,45-48,53-54H,5-32,41-44H2,1-4H3/t45?,46?,47?,48?,53-,54-/m1/s1. The first-order valence-corrected chi connectivity index (χ1v) is 26.1. The highest BCUT2D eigenvalue weighted by atomic mass is 16.6. The summed E-state index contributed by atoms with van der Waals surface area (Å²) in [4.78, 5) is 27.2. The molecular formula is C56H90O6. The molecule has 6 heteroatoms. The van der Waals surface area contributed by atoms with Crippen LogP contribution in [0.5, 0.6) is 0 Å². The predicted octanol–water partition coefficient (Wildman–Crippen LogP) is 15.0. The number of aryl methyl sites for hydroxylation is 2. The summed E-state index contributed by atoms with van der Waals surface area (Å²) in [6.45, 7) is 9.56. The molecule has 2 aliphatic carbocycles. The first-order valence-electron chi connectivity index (χ1n) is 26.1. The van der Waals surface area contributed by atoms with E-state index >= 15 is 0 Å². The zero-order valence-corrected chi connectivity index (χ0v) is 40.2. The molecule has 0 aliphatic heterocycles. The number of ether oxygens (including phenoxy) is 4.